The SMILES string of the molecule is CCN1C(=S)NC(c2cccc(NC(=O)c3ccccc3Cl)c2)C(C(=O)OCC(C)C)=C1C. The van der Waals surface area contributed by atoms with E-state index in [9.17, 15) is 9.59 Å². The maximum atomic E-state index is 13.1. The van der Waals surface area contributed by atoms with Crippen LogP contribution in [0.1, 0.15) is 49.7 Å². The van der Waals surface area contributed by atoms with Gasteiger partial charge in [-0.2, -0.15) is 0 Å². The van der Waals surface area contributed by atoms with Gasteiger partial charge in [0.25, 0.3) is 5.91 Å². The quantitative estimate of drug-likeness (QED) is 0.408. The predicted octanol–water partition coefficient (Wildman–Crippen LogP) is 5.32. The zero-order valence-electron chi connectivity index (χ0n) is 19.1. The van der Waals surface area contributed by atoms with Gasteiger partial charge in [0.15, 0.2) is 5.11 Å². The third-order valence-electron chi connectivity index (χ3n) is 5.28. The van der Waals surface area contributed by atoms with Crippen LogP contribution in [0, 0.1) is 5.92 Å². The topological polar surface area (TPSA) is 70.7 Å². The summed E-state index contributed by atoms with van der Waals surface area (Å²) in [7, 11) is 0. The highest BCUT2D eigenvalue weighted by Crippen LogP contribution is 2.32. The van der Waals surface area contributed by atoms with Crippen molar-refractivity contribution in [1.29, 1.82) is 0 Å². The van der Waals surface area contributed by atoms with Crippen LogP contribution in [-0.4, -0.2) is 35.0 Å². The minimum atomic E-state index is -0.503. The number of benzene rings is 2. The number of anilines is 1. The lowest BCUT2D eigenvalue weighted by molar-refractivity contribution is -0.140. The predicted molar refractivity (Wildman–Crippen MR) is 135 cm³/mol. The summed E-state index contributed by atoms with van der Waals surface area (Å²) in [5.74, 6) is -0.480. The molecule has 33 heavy (non-hydrogen) atoms. The second-order valence-electron chi connectivity index (χ2n) is 8.18. The molecule has 1 aliphatic rings. The van der Waals surface area contributed by atoms with Gasteiger partial charge in [0.1, 0.15) is 0 Å². The molecule has 3 rings (SSSR count). The van der Waals surface area contributed by atoms with Gasteiger partial charge >= 0.3 is 5.97 Å². The summed E-state index contributed by atoms with van der Waals surface area (Å²) < 4.78 is 5.57. The van der Waals surface area contributed by atoms with Crippen molar-refractivity contribution in [3.05, 3.63) is 76.0 Å². The summed E-state index contributed by atoms with van der Waals surface area (Å²) in [6.45, 7) is 8.78. The largest absolute Gasteiger partial charge is 0.462 e. The normalized spacial score (nSPS) is 16.0. The number of hydrogen-bond acceptors (Lipinski definition) is 4. The van der Waals surface area contributed by atoms with E-state index in [0.717, 1.165) is 11.3 Å². The zero-order chi connectivity index (χ0) is 24.1. The van der Waals surface area contributed by atoms with E-state index in [4.69, 9.17) is 28.6 Å². The van der Waals surface area contributed by atoms with E-state index < -0.39 is 6.04 Å². The highest BCUT2D eigenvalue weighted by atomic mass is 35.5. The fraction of sp³-hybridized carbons (Fsp3) is 0.320. The molecule has 1 amide bonds. The van der Waals surface area contributed by atoms with Gasteiger partial charge in [-0.15, -0.1) is 0 Å². The van der Waals surface area contributed by atoms with E-state index in [-0.39, 0.29) is 17.8 Å². The fourth-order valence-electron chi connectivity index (χ4n) is 3.64. The number of allylic oxidation sites excluding steroid dienone is 1. The molecule has 0 saturated heterocycles. The average molecular weight is 486 g/mol. The first kappa shape index (κ1) is 24.7. The molecule has 6 nitrogen and oxygen atoms in total. The third kappa shape index (κ3) is 5.72. The van der Waals surface area contributed by atoms with Crippen LogP contribution in [0.4, 0.5) is 5.69 Å². The van der Waals surface area contributed by atoms with Crippen molar-refractivity contribution in [2.45, 2.75) is 33.7 Å². The molecule has 8 heteroatoms. The Hall–Kier alpha value is -2.90. The maximum absolute atomic E-state index is 13.1. The fourth-order valence-corrected chi connectivity index (χ4v) is 4.24. The number of carbonyl (C=O) groups is 2. The first-order valence-electron chi connectivity index (χ1n) is 10.8. The lowest BCUT2D eigenvalue weighted by atomic mass is 9.94. The van der Waals surface area contributed by atoms with Crippen LogP contribution in [0.5, 0.6) is 0 Å². The molecule has 174 valence electrons. The molecule has 2 N–H and O–H groups in total. The number of nitrogens with one attached hydrogen (secondary N) is 2. The summed E-state index contributed by atoms with van der Waals surface area (Å²) in [6, 6.07) is 13.7. The van der Waals surface area contributed by atoms with Gasteiger partial charge in [0.2, 0.25) is 0 Å². The molecule has 0 fully saturated rings. The minimum Gasteiger partial charge on any atom is -0.462 e. The average Bonchev–Trinajstić information content (AvgIpc) is 2.77. The summed E-state index contributed by atoms with van der Waals surface area (Å²) >= 11 is 11.7. The number of rotatable bonds is 7. The highest BCUT2D eigenvalue weighted by Gasteiger charge is 2.34. The van der Waals surface area contributed by atoms with E-state index in [0.29, 0.717) is 40.1 Å². The van der Waals surface area contributed by atoms with Gasteiger partial charge in [-0.3, -0.25) is 4.79 Å². The van der Waals surface area contributed by atoms with E-state index in [1.165, 1.54) is 0 Å². The molecule has 0 aromatic heterocycles. The first-order valence-corrected chi connectivity index (χ1v) is 11.6. The van der Waals surface area contributed by atoms with Crippen molar-refractivity contribution in [3.63, 3.8) is 0 Å². The number of amides is 1. The molecule has 0 spiro atoms. The summed E-state index contributed by atoms with van der Waals surface area (Å²) in [4.78, 5) is 27.7. The van der Waals surface area contributed by atoms with Crippen LogP contribution >= 0.6 is 23.8 Å². The smallest absolute Gasteiger partial charge is 0.338 e. The Morgan fingerprint density at radius 3 is 2.61 bits per heavy atom. The zero-order valence-corrected chi connectivity index (χ0v) is 20.7. The Morgan fingerprint density at radius 2 is 1.94 bits per heavy atom. The molecular weight excluding hydrogens is 458 g/mol. The number of esters is 1. The number of nitrogens with zero attached hydrogens (tertiary/aromatic N) is 1. The van der Waals surface area contributed by atoms with Crippen molar-refractivity contribution in [1.82, 2.24) is 10.2 Å². The van der Waals surface area contributed by atoms with E-state index in [1.807, 2.05) is 50.8 Å². The maximum Gasteiger partial charge on any atom is 0.338 e. The Labute approximate surface area is 204 Å². The number of halogens is 1. The second kappa shape index (κ2) is 10.8. The van der Waals surface area contributed by atoms with Crippen LogP contribution in [0.25, 0.3) is 0 Å². The number of ether oxygens (including phenoxy) is 1. The molecule has 0 radical (unpaired) electrons. The molecule has 2 aromatic carbocycles. The van der Waals surface area contributed by atoms with Crippen molar-refractivity contribution >= 4 is 46.5 Å². The molecule has 1 unspecified atom stereocenters. The van der Waals surface area contributed by atoms with Gasteiger partial charge in [0.05, 0.1) is 28.8 Å². The summed E-state index contributed by atoms with van der Waals surface area (Å²) in [6.07, 6.45) is 0. The molecular formula is C25H28ClN3O3S. The standard InChI is InChI=1S/C25H28ClN3O3S/c1-5-29-16(4)21(24(31)32-14-15(2)3)22(28-25(29)33)17-9-8-10-18(13-17)27-23(30)19-11-6-7-12-20(19)26/h6-13,15,22H,5,14H2,1-4H3,(H,27,30)(H,28,33). The van der Waals surface area contributed by atoms with Crippen LogP contribution in [-0.2, 0) is 9.53 Å². The number of carbonyl (C=O) groups excluding carboxylic acids is 2. The van der Waals surface area contributed by atoms with E-state index >= 15 is 0 Å². The Balaban J connectivity index is 1.93. The van der Waals surface area contributed by atoms with Gasteiger partial charge in [-0.25, -0.2) is 4.79 Å². The minimum absolute atomic E-state index is 0.219. The molecule has 0 aliphatic carbocycles. The number of thiocarbonyl (C=S) groups is 1. The highest BCUT2D eigenvalue weighted by molar-refractivity contribution is 7.80. The van der Waals surface area contributed by atoms with Crippen LogP contribution in [0.15, 0.2) is 59.8 Å². The molecule has 1 heterocycles. The third-order valence-corrected chi connectivity index (χ3v) is 5.94. The molecule has 1 aliphatic heterocycles. The van der Waals surface area contributed by atoms with Crippen molar-refractivity contribution in [2.75, 3.05) is 18.5 Å². The van der Waals surface area contributed by atoms with E-state index in [2.05, 4.69) is 10.6 Å². The van der Waals surface area contributed by atoms with Crippen molar-refractivity contribution < 1.29 is 14.3 Å². The van der Waals surface area contributed by atoms with Gasteiger partial charge < -0.3 is 20.3 Å². The van der Waals surface area contributed by atoms with Crippen molar-refractivity contribution in [3.8, 4) is 0 Å². The number of hydrogen-bond donors (Lipinski definition) is 2. The Morgan fingerprint density at radius 1 is 1.21 bits per heavy atom. The second-order valence-corrected chi connectivity index (χ2v) is 8.97. The lowest BCUT2D eigenvalue weighted by Crippen LogP contribution is -2.47. The Bertz CT molecular complexity index is 1100. The van der Waals surface area contributed by atoms with E-state index in [1.54, 1.807) is 30.3 Å². The summed E-state index contributed by atoms with van der Waals surface area (Å²) in [5, 5.41) is 7.05. The van der Waals surface area contributed by atoms with Gasteiger partial charge in [0, 0.05) is 17.9 Å². The lowest BCUT2D eigenvalue weighted by Gasteiger charge is -2.37. The van der Waals surface area contributed by atoms with Gasteiger partial charge in [-0.1, -0.05) is 49.7 Å². The van der Waals surface area contributed by atoms with Crippen molar-refractivity contribution in [2.24, 2.45) is 5.92 Å². The molecule has 0 bridgehead atoms. The monoisotopic (exact) mass is 485 g/mol. The van der Waals surface area contributed by atoms with Crippen LogP contribution in [0.3, 0.4) is 0 Å². The van der Waals surface area contributed by atoms with Crippen LogP contribution < -0.4 is 10.6 Å². The summed E-state index contributed by atoms with van der Waals surface area (Å²) in [5.41, 5.74) is 3.00. The van der Waals surface area contributed by atoms with Crippen LogP contribution in [0.2, 0.25) is 5.02 Å². The molecule has 0 saturated carbocycles. The molecule has 1 atom stereocenters. The Kier molecular flexibility index (Phi) is 8.10. The first-order chi connectivity index (χ1) is 15.7. The van der Waals surface area contributed by atoms with Gasteiger partial charge in [-0.05, 0) is 61.8 Å². The molecule has 2 aromatic rings.